The van der Waals surface area contributed by atoms with Gasteiger partial charge in [0.05, 0.1) is 0 Å². The summed E-state index contributed by atoms with van der Waals surface area (Å²) in [5, 5.41) is 2.65. The van der Waals surface area contributed by atoms with Gasteiger partial charge in [0.15, 0.2) is 0 Å². The molecule has 0 bridgehead atoms. The molecule has 0 radical (unpaired) electrons. The fraction of sp³-hybridized carbons (Fsp3) is 0.571. The molecule has 1 saturated heterocycles. The van der Waals surface area contributed by atoms with E-state index < -0.39 is 12.2 Å². The highest BCUT2D eigenvalue weighted by atomic mass is 19.4. The molecule has 2 rings (SSSR count). The summed E-state index contributed by atoms with van der Waals surface area (Å²) in [6.45, 7) is 3.96. The number of halogens is 3. The van der Waals surface area contributed by atoms with Crippen LogP contribution in [0.2, 0.25) is 0 Å². The van der Waals surface area contributed by atoms with E-state index in [1.54, 1.807) is 12.3 Å². The summed E-state index contributed by atoms with van der Waals surface area (Å²) in [4.78, 5) is 19.0. The molecule has 1 unspecified atom stereocenters. The molecule has 122 valence electrons. The van der Waals surface area contributed by atoms with Crippen LogP contribution in [0.1, 0.15) is 12.5 Å². The van der Waals surface area contributed by atoms with Crippen LogP contribution in [0, 0.1) is 6.92 Å². The normalized spacial score (nSPS) is 18.1. The van der Waals surface area contributed by atoms with Gasteiger partial charge in [-0.05, 0) is 25.5 Å². The first-order chi connectivity index (χ1) is 10.3. The van der Waals surface area contributed by atoms with E-state index in [0.29, 0.717) is 5.82 Å². The second kappa shape index (κ2) is 6.51. The van der Waals surface area contributed by atoms with Crippen molar-refractivity contribution in [1.29, 1.82) is 0 Å². The Morgan fingerprint density at radius 2 is 1.91 bits per heavy atom. The zero-order chi connectivity index (χ0) is 16.3. The highest BCUT2D eigenvalue weighted by molar-refractivity contribution is 5.88. The molecule has 1 aliphatic rings. The molecular weight excluding hydrogens is 297 g/mol. The zero-order valence-electron chi connectivity index (χ0n) is 12.5. The third kappa shape index (κ3) is 4.09. The van der Waals surface area contributed by atoms with E-state index in [1.165, 1.54) is 9.80 Å². The Balaban J connectivity index is 1.86. The molecule has 1 aromatic rings. The number of amides is 2. The minimum Gasteiger partial charge on any atom is -0.322 e. The maximum Gasteiger partial charge on any atom is 0.403 e. The first kappa shape index (κ1) is 16.5. The number of carbonyl (C=O) groups excluding carboxylic acids is 1. The van der Waals surface area contributed by atoms with E-state index in [-0.39, 0.29) is 32.2 Å². The van der Waals surface area contributed by atoms with Crippen molar-refractivity contribution in [3.8, 4) is 0 Å². The van der Waals surface area contributed by atoms with E-state index in [4.69, 9.17) is 0 Å². The predicted molar refractivity (Wildman–Crippen MR) is 76.7 cm³/mol. The van der Waals surface area contributed by atoms with Gasteiger partial charge < -0.3 is 4.90 Å². The van der Waals surface area contributed by atoms with Gasteiger partial charge in [0, 0.05) is 32.4 Å². The third-order valence-electron chi connectivity index (χ3n) is 3.77. The summed E-state index contributed by atoms with van der Waals surface area (Å²) in [7, 11) is 0. The number of hydrogen-bond donors (Lipinski definition) is 1. The summed E-state index contributed by atoms with van der Waals surface area (Å²) in [5.74, 6) is 0.432. The molecule has 1 atom stereocenters. The van der Waals surface area contributed by atoms with E-state index in [9.17, 15) is 18.0 Å². The molecule has 2 heterocycles. The smallest absolute Gasteiger partial charge is 0.322 e. The highest BCUT2D eigenvalue weighted by Gasteiger charge is 2.41. The summed E-state index contributed by atoms with van der Waals surface area (Å²) in [6.07, 6.45) is -2.60. The minimum absolute atomic E-state index is 0.204. The van der Waals surface area contributed by atoms with Crippen molar-refractivity contribution in [3.63, 3.8) is 0 Å². The summed E-state index contributed by atoms with van der Waals surface area (Å²) >= 11 is 0. The number of nitrogens with one attached hydrogen (secondary N) is 1. The van der Waals surface area contributed by atoms with E-state index in [1.807, 2.05) is 13.0 Å². The molecule has 1 N–H and O–H groups in total. The Hall–Kier alpha value is -1.83. The first-order valence-electron chi connectivity index (χ1n) is 7.06. The number of nitrogens with zero attached hydrogens (tertiary/aromatic N) is 3. The molecule has 0 spiro atoms. The number of anilines is 1. The van der Waals surface area contributed by atoms with Crippen molar-refractivity contribution in [2.24, 2.45) is 0 Å². The van der Waals surface area contributed by atoms with Crippen molar-refractivity contribution in [3.05, 3.63) is 23.9 Å². The average Bonchev–Trinajstić information content (AvgIpc) is 2.48. The van der Waals surface area contributed by atoms with Crippen LogP contribution >= 0.6 is 0 Å². The number of pyridine rings is 1. The zero-order valence-corrected chi connectivity index (χ0v) is 12.5. The monoisotopic (exact) mass is 316 g/mol. The molecule has 1 aromatic heterocycles. The summed E-state index contributed by atoms with van der Waals surface area (Å²) in [5.41, 5.74) is 0.979. The molecule has 1 fully saturated rings. The van der Waals surface area contributed by atoms with Crippen LogP contribution in [0.3, 0.4) is 0 Å². The van der Waals surface area contributed by atoms with Gasteiger partial charge in [-0.25, -0.2) is 9.78 Å². The number of carbonyl (C=O) groups is 1. The van der Waals surface area contributed by atoms with Crippen LogP contribution < -0.4 is 5.32 Å². The van der Waals surface area contributed by atoms with Crippen LogP contribution in [0.15, 0.2) is 18.3 Å². The van der Waals surface area contributed by atoms with Gasteiger partial charge in [0.1, 0.15) is 11.9 Å². The first-order valence-corrected chi connectivity index (χ1v) is 7.06. The minimum atomic E-state index is -4.24. The largest absolute Gasteiger partial charge is 0.403 e. The number of hydrogen-bond acceptors (Lipinski definition) is 3. The molecule has 0 saturated carbocycles. The van der Waals surface area contributed by atoms with Crippen molar-refractivity contribution in [2.75, 3.05) is 31.5 Å². The van der Waals surface area contributed by atoms with Gasteiger partial charge in [-0.1, -0.05) is 6.07 Å². The second-order valence-corrected chi connectivity index (χ2v) is 5.39. The molecule has 0 aliphatic carbocycles. The number of aryl methyl sites for hydroxylation is 1. The summed E-state index contributed by atoms with van der Waals surface area (Å²) < 4.78 is 38.0. The summed E-state index contributed by atoms with van der Waals surface area (Å²) in [6, 6.07) is 1.69. The lowest BCUT2D eigenvalue weighted by atomic mass is 10.2. The van der Waals surface area contributed by atoms with Gasteiger partial charge >= 0.3 is 12.2 Å². The average molecular weight is 316 g/mol. The Morgan fingerprint density at radius 1 is 1.27 bits per heavy atom. The fourth-order valence-corrected chi connectivity index (χ4v) is 2.25. The Bertz CT molecular complexity index is 510. The van der Waals surface area contributed by atoms with Crippen LogP contribution in [0.5, 0.6) is 0 Å². The van der Waals surface area contributed by atoms with Gasteiger partial charge in [0.25, 0.3) is 0 Å². The molecule has 1 aliphatic heterocycles. The molecule has 2 amide bonds. The number of alkyl halides is 3. The van der Waals surface area contributed by atoms with Crippen LogP contribution in [-0.4, -0.2) is 59.2 Å². The number of urea groups is 1. The van der Waals surface area contributed by atoms with E-state index >= 15 is 0 Å². The molecule has 5 nitrogen and oxygen atoms in total. The van der Waals surface area contributed by atoms with Crippen LogP contribution in [-0.2, 0) is 0 Å². The van der Waals surface area contributed by atoms with Gasteiger partial charge in [0.2, 0.25) is 0 Å². The van der Waals surface area contributed by atoms with E-state index in [0.717, 1.165) is 12.5 Å². The van der Waals surface area contributed by atoms with Gasteiger partial charge in [-0.15, -0.1) is 0 Å². The molecule has 0 aromatic carbocycles. The Labute approximate surface area is 127 Å². The number of aromatic nitrogens is 1. The lowest BCUT2D eigenvalue weighted by Gasteiger charge is -2.38. The van der Waals surface area contributed by atoms with Crippen molar-refractivity contribution < 1.29 is 18.0 Å². The van der Waals surface area contributed by atoms with Crippen molar-refractivity contribution >= 4 is 11.8 Å². The topological polar surface area (TPSA) is 48.5 Å². The fourth-order valence-electron chi connectivity index (χ4n) is 2.25. The maximum atomic E-state index is 12.7. The van der Waals surface area contributed by atoms with Crippen molar-refractivity contribution in [1.82, 2.24) is 14.8 Å². The van der Waals surface area contributed by atoms with Crippen LogP contribution in [0.25, 0.3) is 0 Å². The Morgan fingerprint density at radius 3 is 2.41 bits per heavy atom. The third-order valence-corrected chi connectivity index (χ3v) is 3.77. The Kier molecular flexibility index (Phi) is 4.90. The standard InChI is InChI=1S/C14H19F3N4O/c1-10-3-4-12(18-9-10)19-13(22)21-7-5-20(6-8-21)11(2)14(15,16)17/h3-4,9,11H,5-8H2,1-2H3,(H,18,19,22). The lowest BCUT2D eigenvalue weighted by Crippen LogP contribution is -2.55. The SMILES string of the molecule is Cc1ccc(NC(=O)N2CCN(C(C)C(F)(F)F)CC2)nc1. The van der Waals surface area contributed by atoms with Crippen LogP contribution in [0.4, 0.5) is 23.8 Å². The number of rotatable bonds is 2. The predicted octanol–water partition coefficient (Wildman–Crippen LogP) is 2.49. The highest BCUT2D eigenvalue weighted by Crippen LogP contribution is 2.25. The van der Waals surface area contributed by atoms with Gasteiger partial charge in [-0.2, -0.15) is 13.2 Å². The van der Waals surface area contributed by atoms with E-state index in [2.05, 4.69) is 10.3 Å². The van der Waals surface area contributed by atoms with Gasteiger partial charge in [-0.3, -0.25) is 10.2 Å². The molecular formula is C14H19F3N4O. The molecule has 22 heavy (non-hydrogen) atoms. The van der Waals surface area contributed by atoms with Crippen molar-refractivity contribution in [2.45, 2.75) is 26.1 Å². The maximum absolute atomic E-state index is 12.7. The quantitative estimate of drug-likeness (QED) is 0.912. The second-order valence-electron chi connectivity index (χ2n) is 5.39. The molecule has 8 heteroatoms. The number of piperazine rings is 1. The lowest BCUT2D eigenvalue weighted by molar-refractivity contribution is -0.181.